The molecule has 1 N–H and O–H groups in total. The van der Waals surface area contributed by atoms with Crippen LogP contribution in [-0.2, 0) is 4.79 Å². The second-order valence-corrected chi connectivity index (χ2v) is 6.69. The second-order valence-electron chi connectivity index (χ2n) is 6.69. The van der Waals surface area contributed by atoms with Gasteiger partial charge < -0.3 is 9.84 Å². The van der Waals surface area contributed by atoms with Crippen LogP contribution in [0.25, 0.3) is 0 Å². The van der Waals surface area contributed by atoms with Crippen molar-refractivity contribution in [3.63, 3.8) is 0 Å². The maximum atomic E-state index is 11.9. The maximum Gasteiger partial charge on any atom is 0.309 e. The first-order valence-electron chi connectivity index (χ1n) is 8.10. The first-order valence-corrected chi connectivity index (χ1v) is 8.10. The van der Waals surface area contributed by atoms with Crippen molar-refractivity contribution in [1.29, 1.82) is 0 Å². The number of para-hydroxylation sites is 1. The fraction of sp³-hybridized carbons (Fsp3) is 0.611. The minimum atomic E-state index is -0.610. The summed E-state index contributed by atoms with van der Waals surface area (Å²) in [7, 11) is 0. The average Bonchev–Trinajstić information content (AvgIpc) is 2.91. The third-order valence-electron chi connectivity index (χ3n) is 5.53. The highest BCUT2D eigenvalue weighted by Crippen LogP contribution is 2.48. The van der Waals surface area contributed by atoms with Gasteiger partial charge in [-0.2, -0.15) is 0 Å². The molecule has 1 fully saturated rings. The number of fused-ring (bicyclic) bond motifs is 1. The zero-order valence-electron chi connectivity index (χ0n) is 12.7. The monoisotopic (exact) mass is 288 g/mol. The summed E-state index contributed by atoms with van der Waals surface area (Å²) in [6.45, 7) is 2.84. The summed E-state index contributed by atoms with van der Waals surface area (Å²) in [6, 6.07) is 8.06. The molecule has 1 heterocycles. The third kappa shape index (κ3) is 2.66. The van der Waals surface area contributed by atoms with Crippen LogP contribution >= 0.6 is 0 Å². The SMILES string of the molecule is CCC1CCC(CC2COc3ccccc32)(C(=O)O)CC1. The van der Waals surface area contributed by atoms with Gasteiger partial charge in [-0.05, 0) is 44.1 Å². The predicted octanol–water partition coefficient (Wildman–Crippen LogP) is 4.22. The van der Waals surface area contributed by atoms with Crippen molar-refractivity contribution in [1.82, 2.24) is 0 Å². The van der Waals surface area contributed by atoms with Crippen LogP contribution in [0.5, 0.6) is 5.75 Å². The van der Waals surface area contributed by atoms with E-state index in [1.165, 1.54) is 12.0 Å². The van der Waals surface area contributed by atoms with Crippen molar-refractivity contribution in [3.8, 4) is 5.75 Å². The smallest absolute Gasteiger partial charge is 0.309 e. The van der Waals surface area contributed by atoms with Crippen molar-refractivity contribution in [2.45, 2.75) is 51.4 Å². The summed E-state index contributed by atoms with van der Waals surface area (Å²) in [5, 5.41) is 9.82. The molecule has 1 aliphatic heterocycles. The number of aliphatic carboxylic acids is 1. The molecule has 0 aromatic heterocycles. The van der Waals surface area contributed by atoms with E-state index in [4.69, 9.17) is 4.74 Å². The third-order valence-corrected chi connectivity index (χ3v) is 5.53. The number of carboxylic acids is 1. The molecule has 1 aromatic carbocycles. The molecule has 3 nitrogen and oxygen atoms in total. The summed E-state index contributed by atoms with van der Waals surface area (Å²) in [5.74, 6) is 1.27. The van der Waals surface area contributed by atoms with Crippen LogP contribution in [-0.4, -0.2) is 17.7 Å². The summed E-state index contributed by atoms with van der Waals surface area (Å²) in [5.41, 5.74) is 0.646. The number of hydrogen-bond donors (Lipinski definition) is 1. The number of rotatable bonds is 4. The fourth-order valence-electron chi connectivity index (χ4n) is 4.01. The van der Waals surface area contributed by atoms with Crippen molar-refractivity contribution >= 4 is 5.97 Å². The normalized spacial score (nSPS) is 31.5. The van der Waals surface area contributed by atoms with Crippen LogP contribution in [0.15, 0.2) is 24.3 Å². The van der Waals surface area contributed by atoms with E-state index in [-0.39, 0.29) is 5.92 Å². The first-order chi connectivity index (χ1) is 10.1. The lowest BCUT2D eigenvalue weighted by molar-refractivity contribution is -0.152. The Labute approximate surface area is 126 Å². The highest BCUT2D eigenvalue weighted by molar-refractivity contribution is 5.75. The van der Waals surface area contributed by atoms with Gasteiger partial charge in [0.05, 0.1) is 12.0 Å². The maximum absolute atomic E-state index is 11.9. The van der Waals surface area contributed by atoms with Crippen LogP contribution in [0.2, 0.25) is 0 Å². The molecule has 1 atom stereocenters. The Hall–Kier alpha value is -1.51. The zero-order chi connectivity index (χ0) is 14.9. The van der Waals surface area contributed by atoms with Crippen LogP contribution in [0.1, 0.15) is 56.9 Å². The lowest BCUT2D eigenvalue weighted by Gasteiger charge is -2.38. The molecule has 0 saturated heterocycles. The Kier molecular flexibility index (Phi) is 3.92. The van der Waals surface area contributed by atoms with Gasteiger partial charge in [0.1, 0.15) is 5.75 Å². The quantitative estimate of drug-likeness (QED) is 0.902. The highest BCUT2D eigenvalue weighted by Gasteiger charge is 2.44. The van der Waals surface area contributed by atoms with Crippen molar-refractivity contribution in [3.05, 3.63) is 29.8 Å². The molecule has 1 saturated carbocycles. The average molecular weight is 288 g/mol. The molecule has 1 unspecified atom stereocenters. The Morgan fingerprint density at radius 3 is 2.71 bits per heavy atom. The van der Waals surface area contributed by atoms with Crippen molar-refractivity contribution < 1.29 is 14.6 Å². The van der Waals surface area contributed by atoms with Crippen molar-refractivity contribution in [2.75, 3.05) is 6.61 Å². The van der Waals surface area contributed by atoms with Gasteiger partial charge in [0.2, 0.25) is 0 Å². The molecule has 114 valence electrons. The Bertz CT molecular complexity index is 515. The molecule has 3 heteroatoms. The first kappa shape index (κ1) is 14.4. The van der Waals surface area contributed by atoms with Crippen LogP contribution in [0.4, 0.5) is 0 Å². The summed E-state index contributed by atoms with van der Waals surface area (Å²) >= 11 is 0. The Morgan fingerprint density at radius 2 is 2.05 bits per heavy atom. The van der Waals surface area contributed by atoms with E-state index in [0.29, 0.717) is 12.5 Å². The number of carbonyl (C=O) groups is 1. The van der Waals surface area contributed by atoms with Crippen LogP contribution in [0, 0.1) is 11.3 Å². The van der Waals surface area contributed by atoms with E-state index < -0.39 is 11.4 Å². The Morgan fingerprint density at radius 1 is 1.33 bits per heavy atom. The van der Waals surface area contributed by atoms with Gasteiger partial charge in [0.15, 0.2) is 0 Å². The standard InChI is InChI=1S/C18H24O3/c1-2-13-7-9-18(10-8-13,17(19)20)11-14-12-21-16-6-4-3-5-15(14)16/h3-6,13-14H,2,7-12H2,1H3,(H,19,20). The minimum absolute atomic E-state index is 0.232. The molecule has 1 aliphatic carbocycles. The van der Waals surface area contributed by atoms with Gasteiger partial charge in [0.25, 0.3) is 0 Å². The molecule has 0 amide bonds. The van der Waals surface area contributed by atoms with Gasteiger partial charge >= 0.3 is 5.97 Å². The minimum Gasteiger partial charge on any atom is -0.493 e. The largest absolute Gasteiger partial charge is 0.493 e. The number of hydrogen-bond acceptors (Lipinski definition) is 2. The van der Waals surface area contributed by atoms with E-state index in [1.54, 1.807) is 0 Å². The molecular formula is C18H24O3. The summed E-state index contributed by atoms with van der Waals surface area (Å²) in [4.78, 5) is 11.9. The van der Waals surface area contributed by atoms with E-state index in [0.717, 1.165) is 37.9 Å². The van der Waals surface area contributed by atoms with Gasteiger partial charge in [-0.15, -0.1) is 0 Å². The van der Waals surface area contributed by atoms with Gasteiger partial charge in [-0.3, -0.25) is 4.79 Å². The molecule has 0 bridgehead atoms. The van der Waals surface area contributed by atoms with E-state index in [9.17, 15) is 9.90 Å². The number of ether oxygens (including phenoxy) is 1. The van der Waals surface area contributed by atoms with Crippen LogP contribution < -0.4 is 4.74 Å². The number of carboxylic acid groups (broad SMARTS) is 1. The molecule has 1 aromatic rings. The lowest BCUT2D eigenvalue weighted by Crippen LogP contribution is -2.37. The molecule has 0 radical (unpaired) electrons. The fourth-order valence-corrected chi connectivity index (χ4v) is 4.01. The second kappa shape index (κ2) is 5.70. The van der Waals surface area contributed by atoms with Crippen LogP contribution in [0.3, 0.4) is 0 Å². The molecule has 2 aliphatic rings. The molecule has 21 heavy (non-hydrogen) atoms. The van der Waals surface area contributed by atoms with E-state index in [1.807, 2.05) is 18.2 Å². The Balaban J connectivity index is 1.77. The van der Waals surface area contributed by atoms with Gasteiger partial charge in [-0.1, -0.05) is 31.5 Å². The highest BCUT2D eigenvalue weighted by atomic mass is 16.5. The lowest BCUT2D eigenvalue weighted by atomic mass is 9.65. The molecule has 0 spiro atoms. The number of benzene rings is 1. The molecular weight excluding hydrogens is 264 g/mol. The van der Waals surface area contributed by atoms with Crippen molar-refractivity contribution in [2.24, 2.45) is 11.3 Å². The zero-order valence-corrected chi connectivity index (χ0v) is 12.7. The van der Waals surface area contributed by atoms with E-state index in [2.05, 4.69) is 13.0 Å². The van der Waals surface area contributed by atoms with Gasteiger partial charge in [0, 0.05) is 11.5 Å². The summed E-state index contributed by atoms with van der Waals surface area (Å²) < 4.78 is 5.73. The predicted molar refractivity (Wildman–Crippen MR) is 81.6 cm³/mol. The summed E-state index contributed by atoms with van der Waals surface area (Å²) in [6.07, 6.45) is 5.63. The topological polar surface area (TPSA) is 46.5 Å². The van der Waals surface area contributed by atoms with E-state index >= 15 is 0 Å². The van der Waals surface area contributed by atoms with Gasteiger partial charge in [-0.25, -0.2) is 0 Å². The molecule has 3 rings (SSSR count).